The van der Waals surface area contributed by atoms with Gasteiger partial charge >= 0.3 is 11.6 Å². The summed E-state index contributed by atoms with van der Waals surface area (Å²) in [6.07, 6.45) is 3.38. The summed E-state index contributed by atoms with van der Waals surface area (Å²) in [4.78, 5) is 28.0. The van der Waals surface area contributed by atoms with Gasteiger partial charge in [0.25, 0.3) is 0 Å². The maximum atomic E-state index is 13.2. The molecule has 0 saturated carbocycles. The standard InChI is InChI=1S/C27H26N2O4S/c1-26(2)7-9-29-10-8-27(3,4)21-22(29)19(26)13-15-12-18(25(32)33-23(15)21)20-6-5-17(34-20)11-16(14-28)24(30)31/h5-6,11-13H,7-10H2,1-4H3,(H,30,31)/b16-11+. The Kier molecular flexibility index (Phi) is 4.99. The Morgan fingerprint density at radius 2 is 1.88 bits per heavy atom. The van der Waals surface area contributed by atoms with Gasteiger partial charge in [-0.05, 0) is 59.6 Å². The van der Waals surface area contributed by atoms with E-state index in [2.05, 4.69) is 38.7 Å². The van der Waals surface area contributed by atoms with Gasteiger partial charge in [0.05, 0.1) is 5.56 Å². The van der Waals surface area contributed by atoms with Gasteiger partial charge in [-0.2, -0.15) is 5.26 Å². The number of anilines is 1. The number of carbonyl (C=O) groups is 1. The van der Waals surface area contributed by atoms with Gasteiger partial charge in [-0.25, -0.2) is 9.59 Å². The van der Waals surface area contributed by atoms with Crippen molar-refractivity contribution >= 4 is 40.0 Å². The lowest BCUT2D eigenvalue weighted by Gasteiger charge is -2.48. The van der Waals surface area contributed by atoms with E-state index in [1.807, 2.05) is 6.07 Å². The molecule has 7 heteroatoms. The van der Waals surface area contributed by atoms with Crippen molar-refractivity contribution in [2.75, 3.05) is 18.0 Å². The van der Waals surface area contributed by atoms with Crippen LogP contribution in [0.2, 0.25) is 0 Å². The number of nitrogens with zero attached hydrogens (tertiary/aromatic N) is 2. The predicted molar refractivity (Wildman–Crippen MR) is 135 cm³/mol. The van der Waals surface area contributed by atoms with Crippen LogP contribution >= 0.6 is 11.3 Å². The monoisotopic (exact) mass is 474 g/mol. The van der Waals surface area contributed by atoms with Gasteiger partial charge < -0.3 is 14.4 Å². The number of rotatable bonds is 3. The molecule has 0 atom stereocenters. The van der Waals surface area contributed by atoms with Crippen molar-refractivity contribution in [2.45, 2.75) is 51.4 Å². The maximum absolute atomic E-state index is 13.2. The fraction of sp³-hybridized carbons (Fsp3) is 0.370. The third kappa shape index (κ3) is 3.45. The molecular formula is C27H26N2O4S. The van der Waals surface area contributed by atoms with Gasteiger partial charge in [0, 0.05) is 39.5 Å². The summed E-state index contributed by atoms with van der Waals surface area (Å²) in [5.74, 6) is -1.28. The summed E-state index contributed by atoms with van der Waals surface area (Å²) in [7, 11) is 0. The second-order valence-electron chi connectivity index (χ2n) is 10.4. The van der Waals surface area contributed by atoms with Crippen LogP contribution in [-0.4, -0.2) is 24.2 Å². The molecular weight excluding hydrogens is 448 g/mol. The van der Waals surface area contributed by atoms with Crippen LogP contribution in [0.15, 0.2) is 39.1 Å². The number of carboxylic acid groups (broad SMARTS) is 1. The maximum Gasteiger partial charge on any atom is 0.346 e. The van der Waals surface area contributed by atoms with Crippen LogP contribution in [0, 0.1) is 11.3 Å². The Balaban J connectivity index is 1.73. The van der Waals surface area contributed by atoms with Crippen molar-refractivity contribution in [3.8, 4) is 16.5 Å². The highest BCUT2D eigenvalue weighted by atomic mass is 32.1. The van der Waals surface area contributed by atoms with E-state index in [0.29, 0.717) is 20.9 Å². The molecule has 0 aliphatic carbocycles. The molecule has 4 heterocycles. The molecule has 1 aromatic carbocycles. The second-order valence-corrected chi connectivity index (χ2v) is 11.6. The average molecular weight is 475 g/mol. The normalized spacial score (nSPS) is 18.4. The fourth-order valence-corrected chi connectivity index (χ4v) is 6.14. The predicted octanol–water partition coefficient (Wildman–Crippen LogP) is 5.68. The van der Waals surface area contributed by atoms with Crippen molar-refractivity contribution in [2.24, 2.45) is 0 Å². The molecule has 0 radical (unpaired) electrons. The molecule has 6 nitrogen and oxygen atoms in total. The highest BCUT2D eigenvalue weighted by Crippen LogP contribution is 2.51. The van der Waals surface area contributed by atoms with Gasteiger partial charge in [-0.3, -0.25) is 0 Å². The van der Waals surface area contributed by atoms with E-state index >= 15 is 0 Å². The summed E-state index contributed by atoms with van der Waals surface area (Å²) in [5.41, 5.74) is 3.90. The van der Waals surface area contributed by atoms with Gasteiger partial charge in [-0.1, -0.05) is 27.7 Å². The van der Waals surface area contributed by atoms with E-state index in [9.17, 15) is 9.59 Å². The summed E-state index contributed by atoms with van der Waals surface area (Å²) >= 11 is 1.26. The van der Waals surface area contributed by atoms with Crippen LogP contribution in [0.25, 0.3) is 27.5 Å². The zero-order chi connectivity index (χ0) is 24.4. The molecule has 2 aliphatic rings. The minimum atomic E-state index is -1.28. The Labute approximate surface area is 201 Å². The molecule has 3 aromatic rings. The first-order valence-corrected chi connectivity index (χ1v) is 12.2. The second kappa shape index (κ2) is 7.57. The first-order valence-electron chi connectivity index (χ1n) is 11.4. The summed E-state index contributed by atoms with van der Waals surface area (Å²) in [6.45, 7) is 11.0. The number of fused-ring (bicyclic) bond motifs is 2. The van der Waals surface area contributed by atoms with Crippen LogP contribution in [0.5, 0.6) is 0 Å². The summed E-state index contributed by atoms with van der Waals surface area (Å²) in [5, 5.41) is 19.1. The SMILES string of the molecule is CC1(C)CCN2CCC(C)(C)c3c2c1cc1cc(-c2ccc(/C=C(\C#N)C(=O)O)s2)c(=O)oc31. The molecule has 0 saturated heterocycles. The molecule has 0 fully saturated rings. The lowest BCUT2D eigenvalue weighted by atomic mass is 9.69. The minimum Gasteiger partial charge on any atom is -0.477 e. The average Bonchev–Trinajstić information content (AvgIpc) is 3.23. The van der Waals surface area contributed by atoms with E-state index in [1.165, 1.54) is 28.7 Å². The highest BCUT2D eigenvalue weighted by Gasteiger charge is 2.42. The number of hydrogen-bond donors (Lipinski definition) is 1. The molecule has 2 aliphatic heterocycles. The smallest absolute Gasteiger partial charge is 0.346 e. The van der Waals surface area contributed by atoms with Crippen molar-refractivity contribution in [3.05, 3.63) is 56.3 Å². The van der Waals surface area contributed by atoms with E-state index in [0.717, 1.165) is 36.9 Å². The van der Waals surface area contributed by atoms with E-state index in [4.69, 9.17) is 14.8 Å². The van der Waals surface area contributed by atoms with E-state index in [-0.39, 0.29) is 16.4 Å². The molecule has 0 amide bonds. The number of carboxylic acids is 1. The molecule has 2 aromatic heterocycles. The Morgan fingerprint density at radius 3 is 2.56 bits per heavy atom. The minimum absolute atomic E-state index is 0.0178. The van der Waals surface area contributed by atoms with Crippen molar-refractivity contribution in [3.63, 3.8) is 0 Å². The third-order valence-corrected chi connectivity index (χ3v) is 8.33. The largest absolute Gasteiger partial charge is 0.477 e. The zero-order valence-electron chi connectivity index (χ0n) is 19.7. The van der Waals surface area contributed by atoms with E-state index in [1.54, 1.807) is 18.2 Å². The number of hydrogen-bond acceptors (Lipinski definition) is 6. The van der Waals surface area contributed by atoms with Gasteiger partial charge in [0.15, 0.2) is 0 Å². The summed E-state index contributed by atoms with van der Waals surface area (Å²) < 4.78 is 6.03. The summed E-state index contributed by atoms with van der Waals surface area (Å²) in [6, 6.07) is 9.25. The quantitative estimate of drug-likeness (QED) is 0.298. The van der Waals surface area contributed by atoms with Gasteiger partial charge in [0.1, 0.15) is 17.2 Å². The third-order valence-electron chi connectivity index (χ3n) is 7.26. The van der Waals surface area contributed by atoms with Gasteiger partial charge in [-0.15, -0.1) is 11.3 Å². The number of thiophene rings is 1. The van der Waals surface area contributed by atoms with E-state index < -0.39 is 11.6 Å². The zero-order valence-corrected chi connectivity index (χ0v) is 20.5. The molecule has 0 spiro atoms. The van der Waals surface area contributed by atoms with Crippen molar-refractivity contribution < 1.29 is 14.3 Å². The molecule has 5 rings (SSSR count). The van der Waals surface area contributed by atoms with Crippen LogP contribution in [0.4, 0.5) is 5.69 Å². The van der Waals surface area contributed by atoms with Crippen molar-refractivity contribution in [1.82, 2.24) is 0 Å². The Bertz CT molecular complexity index is 1480. The first-order chi connectivity index (χ1) is 16.0. The lowest BCUT2D eigenvalue weighted by molar-refractivity contribution is -0.132. The fourth-order valence-electron chi connectivity index (χ4n) is 5.18. The topological polar surface area (TPSA) is 94.5 Å². The van der Waals surface area contributed by atoms with Crippen LogP contribution in [0.1, 0.15) is 56.5 Å². The number of nitriles is 1. The molecule has 0 unspecified atom stereocenters. The number of aliphatic carboxylic acids is 1. The molecule has 0 bridgehead atoms. The molecule has 174 valence electrons. The lowest BCUT2D eigenvalue weighted by Crippen LogP contribution is -2.44. The van der Waals surface area contributed by atoms with Crippen LogP contribution in [0.3, 0.4) is 0 Å². The van der Waals surface area contributed by atoms with Crippen molar-refractivity contribution in [1.29, 1.82) is 5.26 Å². The van der Waals surface area contributed by atoms with Crippen LogP contribution in [-0.2, 0) is 15.6 Å². The highest BCUT2D eigenvalue weighted by molar-refractivity contribution is 7.16. The Morgan fingerprint density at radius 1 is 1.18 bits per heavy atom. The van der Waals surface area contributed by atoms with Gasteiger partial charge in [0.2, 0.25) is 0 Å². The molecule has 34 heavy (non-hydrogen) atoms. The Hall–Kier alpha value is -3.37. The molecule has 1 N–H and O–H groups in total. The van der Waals surface area contributed by atoms with Crippen LogP contribution < -0.4 is 10.5 Å². The number of benzene rings is 1. The first kappa shape index (κ1) is 22.4.